The number of hydrogen-bond acceptors (Lipinski definition) is 8. The van der Waals surface area contributed by atoms with Crippen LogP contribution in [0.15, 0.2) is 137 Å². The first-order valence-electron chi connectivity index (χ1n) is 16.3. The van der Waals surface area contributed by atoms with Gasteiger partial charge in [-0.05, 0) is 97.2 Å². The summed E-state index contributed by atoms with van der Waals surface area (Å²) < 4.78 is 71.4. The molecule has 0 spiro atoms. The second-order valence-corrected chi connectivity index (χ2v) is 14.4. The van der Waals surface area contributed by atoms with E-state index in [0.717, 1.165) is 51.5 Å². The SMILES string of the molecule is CCNc1ccc(C(=C2C=CC(=[N+]([CH-]c3cccc(S(=O)(=O)[O-])c3)CC)C=C2)c2ccc(N(CC)Cc3cccc(S(=O)(=O)[O-])c3)cc2)cc1.[Na+]. The minimum Gasteiger partial charge on any atom is -0.745 e. The fourth-order valence-electron chi connectivity index (χ4n) is 5.80. The van der Waals surface area contributed by atoms with Crippen LogP contribution in [0.3, 0.4) is 0 Å². The van der Waals surface area contributed by atoms with Crippen LogP contribution in [0.2, 0.25) is 0 Å². The van der Waals surface area contributed by atoms with E-state index >= 15 is 0 Å². The van der Waals surface area contributed by atoms with Gasteiger partial charge in [0.25, 0.3) is 0 Å². The number of benzene rings is 4. The first-order chi connectivity index (χ1) is 23.9. The molecule has 51 heavy (non-hydrogen) atoms. The summed E-state index contributed by atoms with van der Waals surface area (Å²) in [4.78, 5) is 1.60. The smallest absolute Gasteiger partial charge is 0.745 e. The van der Waals surface area contributed by atoms with Crippen molar-refractivity contribution in [3.8, 4) is 0 Å². The average molecular weight is 733 g/mol. The van der Waals surface area contributed by atoms with Gasteiger partial charge in [-0.3, -0.25) is 4.58 Å². The van der Waals surface area contributed by atoms with E-state index in [9.17, 15) is 25.9 Å². The first kappa shape index (κ1) is 39.8. The van der Waals surface area contributed by atoms with Gasteiger partial charge in [0.05, 0.1) is 11.4 Å². The Morgan fingerprint density at radius 1 is 0.745 bits per heavy atom. The topological polar surface area (TPSA) is 133 Å². The second-order valence-electron chi connectivity index (χ2n) is 11.6. The fraction of sp³-hybridized carbons (Fsp3) is 0.179. The van der Waals surface area contributed by atoms with Gasteiger partial charge in [-0.25, -0.2) is 16.8 Å². The summed E-state index contributed by atoms with van der Waals surface area (Å²) in [7, 11) is -9.11. The molecule has 260 valence electrons. The van der Waals surface area contributed by atoms with E-state index in [2.05, 4.69) is 65.7 Å². The van der Waals surface area contributed by atoms with E-state index in [1.165, 1.54) is 24.3 Å². The molecule has 4 aromatic rings. The molecule has 0 radical (unpaired) electrons. The number of nitrogens with zero attached hydrogens (tertiary/aromatic N) is 2. The van der Waals surface area contributed by atoms with Gasteiger partial charge in [0, 0.05) is 35.9 Å². The summed E-state index contributed by atoms with van der Waals surface area (Å²) in [6.07, 6.45) is 8.14. The number of allylic oxidation sites excluding steroid dienone is 5. The third-order valence-electron chi connectivity index (χ3n) is 8.30. The van der Waals surface area contributed by atoms with Crippen LogP contribution in [0.5, 0.6) is 0 Å². The van der Waals surface area contributed by atoms with Crippen LogP contribution in [0, 0.1) is 6.54 Å². The Bertz CT molecular complexity index is 2180. The van der Waals surface area contributed by atoms with Gasteiger partial charge >= 0.3 is 29.6 Å². The third kappa shape index (κ3) is 10.3. The zero-order valence-electron chi connectivity index (χ0n) is 29.1. The van der Waals surface area contributed by atoms with E-state index < -0.39 is 20.2 Å². The Morgan fingerprint density at radius 2 is 1.31 bits per heavy atom. The molecular weight excluding hydrogens is 694 g/mol. The predicted molar refractivity (Wildman–Crippen MR) is 196 cm³/mol. The van der Waals surface area contributed by atoms with Gasteiger partial charge in [-0.15, -0.1) is 18.2 Å². The van der Waals surface area contributed by atoms with Crippen LogP contribution in [-0.4, -0.2) is 55.9 Å². The van der Waals surface area contributed by atoms with Crippen molar-refractivity contribution in [3.63, 3.8) is 0 Å². The maximum Gasteiger partial charge on any atom is 1.00 e. The van der Waals surface area contributed by atoms with Crippen molar-refractivity contribution < 1.29 is 60.1 Å². The zero-order valence-corrected chi connectivity index (χ0v) is 32.7. The van der Waals surface area contributed by atoms with E-state index in [1.807, 2.05) is 55.3 Å². The molecule has 4 aromatic carbocycles. The summed E-state index contributed by atoms with van der Waals surface area (Å²) >= 11 is 0. The number of nitrogens with one attached hydrogen (secondary N) is 1. The average Bonchev–Trinajstić information content (AvgIpc) is 3.11. The molecule has 0 saturated carbocycles. The van der Waals surface area contributed by atoms with E-state index in [0.29, 0.717) is 25.2 Å². The predicted octanol–water partition coefficient (Wildman–Crippen LogP) is 3.57. The molecule has 0 saturated heterocycles. The standard InChI is InChI=1S/C39H41N3O6S2.Na/c1-4-40-34-19-13-31(14-20-34)39(32-15-21-35(22-16-32)41(5-2)27-29-9-7-11-37(25-29)49(43,44)45)33-17-23-36(24-18-33)42(6-3)28-30-10-8-12-38(26-30)50(46,47)48;/h7-27,40H,4-6,28H2,1-3H3,(H,43,44,45)(H,46,47,48);/q;+1/p-2. The summed E-state index contributed by atoms with van der Waals surface area (Å²) in [6, 6.07) is 28.6. The molecule has 0 fully saturated rings. The molecule has 0 atom stereocenters. The normalized spacial score (nSPS) is 12.6. The molecule has 0 heterocycles. The molecule has 0 amide bonds. The largest absolute Gasteiger partial charge is 1.00 e. The van der Waals surface area contributed by atoms with E-state index in [4.69, 9.17) is 0 Å². The Hall–Kier alpha value is -3.94. The molecule has 0 bridgehead atoms. The molecule has 0 unspecified atom stereocenters. The summed E-state index contributed by atoms with van der Waals surface area (Å²) in [6.45, 7) is 10.4. The van der Waals surface area contributed by atoms with Gasteiger partial charge in [0.2, 0.25) is 0 Å². The van der Waals surface area contributed by atoms with Gasteiger partial charge in [-0.1, -0.05) is 60.2 Å². The number of anilines is 2. The summed E-state index contributed by atoms with van der Waals surface area (Å²) in [5, 5.41) is 3.34. The Balaban J connectivity index is 0.00000583. The van der Waals surface area contributed by atoms with Crippen molar-refractivity contribution in [1.29, 1.82) is 0 Å². The van der Waals surface area contributed by atoms with Crippen molar-refractivity contribution in [1.82, 2.24) is 0 Å². The molecule has 1 aliphatic carbocycles. The maximum absolute atomic E-state index is 11.6. The first-order valence-corrected chi connectivity index (χ1v) is 19.1. The quantitative estimate of drug-likeness (QED) is 0.0956. The van der Waals surface area contributed by atoms with Crippen molar-refractivity contribution in [2.75, 3.05) is 29.9 Å². The van der Waals surface area contributed by atoms with Crippen LogP contribution < -0.4 is 39.8 Å². The van der Waals surface area contributed by atoms with Crippen LogP contribution in [0.1, 0.15) is 43.0 Å². The summed E-state index contributed by atoms with van der Waals surface area (Å²) in [5.41, 5.74) is 8.26. The van der Waals surface area contributed by atoms with E-state index in [-0.39, 0.29) is 39.3 Å². The Labute approximate surface area is 323 Å². The molecule has 0 aromatic heterocycles. The molecule has 12 heteroatoms. The molecular formula is C39H39N3NaO6S2-. The van der Waals surface area contributed by atoms with Crippen molar-refractivity contribution in [2.24, 2.45) is 0 Å². The Morgan fingerprint density at radius 3 is 1.86 bits per heavy atom. The molecule has 1 N–H and O–H groups in total. The summed E-state index contributed by atoms with van der Waals surface area (Å²) in [5.74, 6) is 0. The monoisotopic (exact) mass is 732 g/mol. The Kier molecular flexibility index (Phi) is 13.7. The minimum atomic E-state index is -4.56. The van der Waals surface area contributed by atoms with Crippen LogP contribution in [0.4, 0.5) is 11.4 Å². The molecule has 9 nitrogen and oxygen atoms in total. The molecule has 5 rings (SSSR count). The number of hydrogen-bond donors (Lipinski definition) is 1. The van der Waals surface area contributed by atoms with Crippen LogP contribution in [0.25, 0.3) is 5.57 Å². The maximum atomic E-state index is 11.6. The van der Waals surface area contributed by atoms with E-state index in [1.54, 1.807) is 18.2 Å². The van der Waals surface area contributed by atoms with Crippen LogP contribution in [-0.2, 0) is 26.8 Å². The number of rotatable bonds is 13. The fourth-order valence-corrected chi connectivity index (χ4v) is 6.87. The molecule has 1 aliphatic rings. The second kappa shape index (κ2) is 17.5. The zero-order chi connectivity index (χ0) is 35.9. The van der Waals surface area contributed by atoms with Crippen molar-refractivity contribution in [2.45, 2.75) is 37.1 Å². The van der Waals surface area contributed by atoms with Crippen LogP contribution >= 0.6 is 0 Å². The third-order valence-corrected chi connectivity index (χ3v) is 9.96. The van der Waals surface area contributed by atoms with Crippen molar-refractivity contribution >= 4 is 42.9 Å². The van der Waals surface area contributed by atoms with Gasteiger partial charge < -0.3 is 19.3 Å². The van der Waals surface area contributed by atoms with Gasteiger partial charge in [-0.2, -0.15) is 0 Å². The van der Waals surface area contributed by atoms with Gasteiger partial charge in [0.15, 0.2) is 0 Å². The minimum absolute atomic E-state index is 0. The van der Waals surface area contributed by atoms with Crippen molar-refractivity contribution in [3.05, 3.63) is 156 Å². The molecule has 0 aliphatic heterocycles. The van der Waals surface area contributed by atoms with Gasteiger partial charge in [0.1, 0.15) is 32.5 Å².